The number of aliphatic hydroxyl groups excluding tert-OH is 1. The predicted molar refractivity (Wildman–Crippen MR) is 79.0 cm³/mol. The van der Waals surface area contributed by atoms with Crippen LogP contribution in [-0.2, 0) is 11.2 Å². The smallest absolute Gasteiger partial charge is 0.404 e. The number of carbonyl (C=O) groups is 2. The first-order chi connectivity index (χ1) is 10.5. The summed E-state index contributed by atoms with van der Waals surface area (Å²) in [7, 11) is 0. The minimum atomic E-state index is -1.19. The lowest BCUT2D eigenvalue weighted by Crippen LogP contribution is -2.34. The average Bonchev–Trinajstić information content (AvgIpc) is 2.79. The van der Waals surface area contributed by atoms with E-state index < -0.39 is 18.9 Å². The summed E-state index contributed by atoms with van der Waals surface area (Å²) in [5, 5.41) is 23.1. The number of alkyl halides is 1. The number of nitrogens with zero attached hydrogens (tertiary/aromatic N) is 1. The number of rotatable bonds is 7. The topological polar surface area (TPSA) is 102 Å². The van der Waals surface area contributed by atoms with Gasteiger partial charge in [-0.3, -0.25) is 4.79 Å². The second kappa shape index (κ2) is 7.08. The first-order valence-corrected chi connectivity index (χ1v) is 6.89. The fourth-order valence-electron chi connectivity index (χ4n) is 2.34. The first-order valence-electron chi connectivity index (χ1n) is 6.89. The number of carbonyl (C=O) groups excluding carboxylic acids is 1. The normalized spacial score (nSPS) is 14.6. The zero-order valence-electron chi connectivity index (χ0n) is 11.9. The number of fused-ring (bicyclic) bond motifs is 1. The summed E-state index contributed by atoms with van der Waals surface area (Å²) in [4.78, 5) is 23.5. The van der Waals surface area contributed by atoms with Crippen LogP contribution in [0.15, 0.2) is 18.2 Å². The summed E-state index contributed by atoms with van der Waals surface area (Å²) in [5.74, 6) is -0.129. The monoisotopic (exact) mass is 311 g/mol. The second-order valence-electron chi connectivity index (χ2n) is 4.98. The quantitative estimate of drug-likeness (QED) is 0.590. The molecule has 0 bridgehead atoms. The SMILES string of the molecule is O=C(O)NC[C@@H](O)CNc1ccc2c(c1)CC(=O)N2CCF. The molecule has 120 valence electrons. The molecule has 22 heavy (non-hydrogen) atoms. The van der Waals surface area contributed by atoms with Crippen molar-refractivity contribution in [1.82, 2.24) is 5.32 Å². The van der Waals surface area contributed by atoms with Gasteiger partial charge in [0.15, 0.2) is 0 Å². The molecule has 2 amide bonds. The van der Waals surface area contributed by atoms with Gasteiger partial charge in [0.25, 0.3) is 0 Å². The molecule has 0 aromatic heterocycles. The van der Waals surface area contributed by atoms with Gasteiger partial charge in [-0.05, 0) is 23.8 Å². The molecule has 4 N–H and O–H groups in total. The number of aliphatic hydroxyl groups is 1. The van der Waals surface area contributed by atoms with E-state index in [2.05, 4.69) is 10.6 Å². The van der Waals surface area contributed by atoms with E-state index in [1.54, 1.807) is 18.2 Å². The van der Waals surface area contributed by atoms with Crippen molar-refractivity contribution in [2.75, 3.05) is 36.5 Å². The predicted octanol–water partition coefficient (Wildman–Crippen LogP) is 0.586. The summed E-state index contributed by atoms with van der Waals surface area (Å²) in [6.45, 7) is -0.441. The van der Waals surface area contributed by atoms with Crippen molar-refractivity contribution in [3.63, 3.8) is 0 Å². The Labute approximate surface area is 126 Å². The maximum Gasteiger partial charge on any atom is 0.404 e. The van der Waals surface area contributed by atoms with Gasteiger partial charge in [0.1, 0.15) is 6.67 Å². The van der Waals surface area contributed by atoms with Crippen LogP contribution in [0.3, 0.4) is 0 Å². The Bertz CT molecular complexity index is 567. The van der Waals surface area contributed by atoms with Crippen LogP contribution in [0.2, 0.25) is 0 Å². The van der Waals surface area contributed by atoms with E-state index in [0.717, 1.165) is 5.56 Å². The third kappa shape index (κ3) is 3.85. The van der Waals surface area contributed by atoms with Crippen LogP contribution in [0.5, 0.6) is 0 Å². The van der Waals surface area contributed by atoms with Gasteiger partial charge >= 0.3 is 6.09 Å². The number of carboxylic acid groups (broad SMARTS) is 1. The van der Waals surface area contributed by atoms with Crippen LogP contribution in [0, 0.1) is 0 Å². The largest absolute Gasteiger partial charge is 0.465 e. The van der Waals surface area contributed by atoms with Gasteiger partial charge in [0.05, 0.1) is 19.1 Å². The number of hydrogen-bond acceptors (Lipinski definition) is 4. The maximum atomic E-state index is 12.4. The van der Waals surface area contributed by atoms with E-state index in [9.17, 15) is 19.1 Å². The summed E-state index contributed by atoms with van der Waals surface area (Å²) < 4.78 is 12.4. The molecule has 2 rings (SSSR count). The Morgan fingerprint density at radius 3 is 2.86 bits per heavy atom. The third-order valence-electron chi connectivity index (χ3n) is 3.35. The summed E-state index contributed by atoms with van der Waals surface area (Å²) >= 11 is 0. The minimum absolute atomic E-state index is 0.0538. The van der Waals surface area contributed by atoms with Gasteiger partial charge in [0, 0.05) is 24.5 Å². The fraction of sp³-hybridized carbons (Fsp3) is 0.429. The highest BCUT2D eigenvalue weighted by molar-refractivity contribution is 6.01. The molecule has 0 radical (unpaired) electrons. The van der Waals surface area contributed by atoms with Crippen LogP contribution in [0.25, 0.3) is 0 Å². The first kappa shape index (κ1) is 16.0. The number of benzene rings is 1. The van der Waals surface area contributed by atoms with Crippen LogP contribution < -0.4 is 15.5 Å². The van der Waals surface area contributed by atoms with Gasteiger partial charge in [-0.25, -0.2) is 9.18 Å². The van der Waals surface area contributed by atoms with Crippen LogP contribution >= 0.6 is 0 Å². The highest BCUT2D eigenvalue weighted by Crippen LogP contribution is 2.31. The van der Waals surface area contributed by atoms with Gasteiger partial charge in [-0.1, -0.05) is 0 Å². The molecule has 1 aromatic rings. The molecule has 1 aromatic carbocycles. The van der Waals surface area contributed by atoms with Gasteiger partial charge in [0.2, 0.25) is 5.91 Å². The maximum absolute atomic E-state index is 12.4. The van der Waals surface area contributed by atoms with Crippen LogP contribution in [-0.4, -0.2) is 54.6 Å². The number of hydrogen-bond donors (Lipinski definition) is 4. The molecule has 7 nitrogen and oxygen atoms in total. The van der Waals surface area contributed by atoms with Gasteiger partial charge in [-0.15, -0.1) is 0 Å². The van der Waals surface area contributed by atoms with Crippen LogP contribution in [0.1, 0.15) is 5.56 Å². The molecular formula is C14H18FN3O4. The Morgan fingerprint density at radius 2 is 2.18 bits per heavy atom. The van der Waals surface area contributed by atoms with E-state index in [-0.39, 0.29) is 32.0 Å². The zero-order chi connectivity index (χ0) is 16.1. The van der Waals surface area contributed by atoms with Crippen molar-refractivity contribution >= 4 is 23.4 Å². The fourth-order valence-corrected chi connectivity index (χ4v) is 2.34. The van der Waals surface area contributed by atoms with E-state index in [4.69, 9.17) is 5.11 Å². The lowest BCUT2D eigenvalue weighted by molar-refractivity contribution is -0.117. The van der Waals surface area contributed by atoms with E-state index in [0.29, 0.717) is 11.4 Å². The highest BCUT2D eigenvalue weighted by Gasteiger charge is 2.26. The van der Waals surface area contributed by atoms with Crippen molar-refractivity contribution in [1.29, 1.82) is 0 Å². The van der Waals surface area contributed by atoms with E-state index in [1.165, 1.54) is 4.90 Å². The Morgan fingerprint density at radius 1 is 1.41 bits per heavy atom. The van der Waals surface area contributed by atoms with Gasteiger partial charge < -0.3 is 25.7 Å². The van der Waals surface area contributed by atoms with Gasteiger partial charge in [-0.2, -0.15) is 0 Å². The summed E-state index contributed by atoms with van der Waals surface area (Å²) in [6.07, 6.45) is -1.83. The molecule has 0 spiro atoms. The molecule has 0 aliphatic carbocycles. The van der Waals surface area contributed by atoms with Crippen molar-refractivity contribution in [2.45, 2.75) is 12.5 Å². The molecule has 8 heteroatoms. The molecule has 1 aliphatic rings. The Balaban J connectivity index is 1.94. The molecule has 1 heterocycles. The minimum Gasteiger partial charge on any atom is -0.465 e. The second-order valence-corrected chi connectivity index (χ2v) is 4.98. The summed E-state index contributed by atoms with van der Waals surface area (Å²) in [5.41, 5.74) is 2.23. The number of nitrogens with one attached hydrogen (secondary N) is 2. The van der Waals surface area contributed by atoms with Crippen LogP contribution in [0.4, 0.5) is 20.6 Å². The number of amides is 2. The van der Waals surface area contributed by atoms with E-state index >= 15 is 0 Å². The van der Waals surface area contributed by atoms with Crippen molar-refractivity contribution < 1.29 is 24.2 Å². The Hall–Kier alpha value is -2.35. The lowest BCUT2D eigenvalue weighted by atomic mass is 10.1. The molecular weight excluding hydrogens is 293 g/mol. The molecule has 0 fully saturated rings. The van der Waals surface area contributed by atoms with Crippen molar-refractivity contribution in [3.8, 4) is 0 Å². The van der Waals surface area contributed by atoms with Crippen molar-refractivity contribution in [2.24, 2.45) is 0 Å². The Kier molecular flexibility index (Phi) is 5.16. The molecule has 1 aliphatic heterocycles. The highest BCUT2D eigenvalue weighted by atomic mass is 19.1. The third-order valence-corrected chi connectivity index (χ3v) is 3.35. The van der Waals surface area contributed by atoms with E-state index in [1.807, 2.05) is 0 Å². The standard InChI is InChI=1S/C14H18FN3O4/c15-3-4-18-12-2-1-10(5-9(12)6-13(18)20)16-7-11(19)8-17-14(21)22/h1-2,5,11,16-17,19H,3-4,6-8H2,(H,21,22)/t11-/m0/s1. The van der Waals surface area contributed by atoms with Crippen molar-refractivity contribution in [3.05, 3.63) is 23.8 Å². The average molecular weight is 311 g/mol. The molecule has 1 atom stereocenters. The number of halogens is 1. The molecule has 0 unspecified atom stereocenters. The lowest BCUT2D eigenvalue weighted by Gasteiger charge is -2.16. The molecule has 0 saturated heterocycles. The molecule has 0 saturated carbocycles. The summed E-state index contributed by atoms with van der Waals surface area (Å²) in [6, 6.07) is 5.25. The zero-order valence-corrected chi connectivity index (χ0v) is 11.9. The number of anilines is 2.